The molecule has 0 amide bonds. The number of aryl methyl sites for hydroxylation is 1. The van der Waals surface area contributed by atoms with Crippen LogP contribution in [0.2, 0.25) is 0 Å². The maximum absolute atomic E-state index is 9.73. The fourth-order valence-corrected chi connectivity index (χ4v) is 3.02. The molecule has 126 valence electrons. The molecule has 1 fully saturated rings. The summed E-state index contributed by atoms with van der Waals surface area (Å²) in [5.74, 6) is 0.736. The molecule has 5 rings (SSSR count). The third-order valence-electron chi connectivity index (χ3n) is 4.36. The van der Waals surface area contributed by atoms with Crippen LogP contribution in [0.25, 0.3) is 28.1 Å². The molecule has 1 aromatic carbocycles. The van der Waals surface area contributed by atoms with E-state index in [0.717, 1.165) is 29.8 Å². The number of benzene rings is 1. The van der Waals surface area contributed by atoms with E-state index < -0.39 is 0 Å². The molecule has 0 unspecified atom stereocenters. The van der Waals surface area contributed by atoms with Crippen LogP contribution < -0.4 is 5.32 Å². The van der Waals surface area contributed by atoms with Crippen LogP contribution >= 0.6 is 0 Å². The molecule has 1 saturated carbocycles. The Morgan fingerprint density at radius 1 is 1.12 bits per heavy atom. The summed E-state index contributed by atoms with van der Waals surface area (Å²) in [7, 11) is 1.91. The van der Waals surface area contributed by atoms with E-state index in [4.69, 9.17) is 0 Å². The number of nitrogens with zero attached hydrogens (tertiary/aromatic N) is 5. The van der Waals surface area contributed by atoms with Crippen LogP contribution in [0.1, 0.15) is 12.8 Å². The number of phenols is 2. The quantitative estimate of drug-likeness (QED) is 0.531. The second-order valence-electron chi connectivity index (χ2n) is 6.44. The SMILES string of the molecule is Cn1cnc2c(NC3CC3)nc3cc(-c4cc(O)cc(O)c4)nn3c21. The highest BCUT2D eigenvalue weighted by Crippen LogP contribution is 2.31. The number of imidazole rings is 1. The first kappa shape index (κ1) is 14.1. The number of aromatic hydroxyl groups is 2. The largest absolute Gasteiger partial charge is 0.508 e. The van der Waals surface area contributed by atoms with Gasteiger partial charge < -0.3 is 20.1 Å². The van der Waals surface area contributed by atoms with Crippen molar-refractivity contribution in [1.82, 2.24) is 24.1 Å². The Labute approximate surface area is 142 Å². The minimum Gasteiger partial charge on any atom is -0.508 e. The zero-order chi connectivity index (χ0) is 17.1. The lowest BCUT2D eigenvalue weighted by Crippen LogP contribution is -2.06. The molecule has 0 radical (unpaired) electrons. The van der Waals surface area contributed by atoms with Crippen LogP contribution in [0.4, 0.5) is 5.82 Å². The topological polar surface area (TPSA) is 100 Å². The zero-order valence-corrected chi connectivity index (χ0v) is 13.5. The van der Waals surface area contributed by atoms with Gasteiger partial charge in [0.15, 0.2) is 22.6 Å². The fourth-order valence-electron chi connectivity index (χ4n) is 3.02. The molecule has 3 aromatic heterocycles. The molecule has 4 aromatic rings. The van der Waals surface area contributed by atoms with Crippen molar-refractivity contribution in [3.05, 3.63) is 30.6 Å². The molecule has 0 atom stereocenters. The van der Waals surface area contributed by atoms with E-state index in [2.05, 4.69) is 20.4 Å². The van der Waals surface area contributed by atoms with Gasteiger partial charge in [-0.05, 0) is 25.0 Å². The molecule has 0 bridgehead atoms. The van der Waals surface area contributed by atoms with Gasteiger partial charge in [-0.25, -0.2) is 9.97 Å². The molecule has 0 saturated heterocycles. The standard InChI is InChI=1S/C17H16N6O2/c1-22-8-18-15-16(19-10-2-3-10)20-14-7-13(21-23(14)17(15)22)9-4-11(24)6-12(25)5-9/h4-8,10,24-25H,2-3H2,1H3,(H,19,20). The predicted molar refractivity (Wildman–Crippen MR) is 92.7 cm³/mol. The van der Waals surface area contributed by atoms with Crippen molar-refractivity contribution in [2.45, 2.75) is 18.9 Å². The van der Waals surface area contributed by atoms with E-state index in [0.29, 0.717) is 22.9 Å². The van der Waals surface area contributed by atoms with E-state index in [1.807, 2.05) is 17.7 Å². The minimum atomic E-state index is -0.0122. The van der Waals surface area contributed by atoms with Gasteiger partial charge in [-0.1, -0.05) is 0 Å². The Morgan fingerprint density at radius 3 is 2.60 bits per heavy atom. The smallest absolute Gasteiger partial charge is 0.167 e. The maximum atomic E-state index is 9.73. The van der Waals surface area contributed by atoms with Crippen molar-refractivity contribution in [3.8, 4) is 22.8 Å². The van der Waals surface area contributed by atoms with Crippen molar-refractivity contribution < 1.29 is 10.2 Å². The predicted octanol–water partition coefficient (Wildman–Crippen LogP) is 2.27. The summed E-state index contributed by atoms with van der Waals surface area (Å²) < 4.78 is 3.63. The number of phenolic OH excluding ortho intramolecular Hbond substituents is 2. The number of aromatic nitrogens is 5. The van der Waals surface area contributed by atoms with E-state index in [1.165, 1.54) is 6.07 Å². The van der Waals surface area contributed by atoms with Crippen molar-refractivity contribution in [3.63, 3.8) is 0 Å². The Bertz CT molecular complexity index is 1110. The van der Waals surface area contributed by atoms with Gasteiger partial charge in [-0.15, -0.1) is 0 Å². The minimum absolute atomic E-state index is 0.0122. The summed E-state index contributed by atoms with van der Waals surface area (Å²) in [6.45, 7) is 0. The first-order chi connectivity index (χ1) is 12.1. The first-order valence-corrected chi connectivity index (χ1v) is 8.09. The van der Waals surface area contributed by atoms with Gasteiger partial charge in [-0.3, -0.25) is 0 Å². The zero-order valence-electron chi connectivity index (χ0n) is 13.5. The Kier molecular flexibility index (Phi) is 2.74. The van der Waals surface area contributed by atoms with Gasteiger partial charge in [0.2, 0.25) is 0 Å². The second-order valence-corrected chi connectivity index (χ2v) is 6.44. The monoisotopic (exact) mass is 336 g/mol. The van der Waals surface area contributed by atoms with Gasteiger partial charge in [-0.2, -0.15) is 9.61 Å². The second kappa shape index (κ2) is 4.85. The van der Waals surface area contributed by atoms with Gasteiger partial charge in [0.25, 0.3) is 0 Å². The van der Waals surface area contributed by atoms with Crippen molar-refractivity contribution in [2.24, 2.45) is 7.05 Å². The molecule has 3 N–H and O–H groups in total. The molecular weight excluding hydrogens is 320 g/mol. The summed E-state index contributed by atoms with van der Waals surface area (Å²) in [5, 5.41) is 27.5. The summed E-state index contributed by atoms with van der Waals surface area (Å²) in [4.78, 5) is 9.13. The normalized spacial score (nSPS) is 14.4. The number of rotatable bonds is 3. The van der Waals surface area contributed by atoms with Crippen LogP contribution in [-0.2, 0) is 7.05 Å². The Balaban J connectivity index is 1.75. The van der Waals surface area contributed by atoms with Crippen LogP contribution in [0.5, 0.6) is 11.5 Å². The first-order valence-electron chi connectivity index (χ1n) is 8.09. The third kappa shape index (κ3) is 2.25. The summed E-state index contributed by atoms with van der Waals surface area (Å²) in [6.07, 6.45) is 4.04. The third-order valence-corrected chi connectivity index (χ3v) is 4.36. The number of hydrogen-bond acceptors (Lipinski definition) is 6. The van der Waals surface area contributed by atoms with E-state index in [1.54, 1.807) is 23.0 Å². The summed E-state index contributed by atoms with van der Waals surface area (Å²) >= 11 is 0. The molecule has 25 heavy (non-hydrogen) atoms. The number of anilines is 1. The molecule has 1 aliphatic carbocycles. The van der Waals surface area contributed by atoms with Gasteiger partial charge >= 0.3 is 0 Å². The summed E-state index contributed by atoms with van der Waals surface area (Å²) in [6, 6.07) is 6.70. The van der Waals surface area contributed by atoms with E-state index in [-0.39, 0.29) is 11.5 Å². The molecule has 3 heterocycles. The molecule has 0 spiro atoms. The van der Waals surface area contributed by atoms with E-state index in [9.17, 15) is 10.2 Å². The maximum Gasteiger partial charge on any atom is 0.167 e. The average molecular weight is 336 g/mol. The molecule has 8 heteroatoms. The van der Waals surface area contributed by atoms with Crippen molar-refractivity contribution in [2.75, 3.05) is 5.32 Å². The lowest BCUT2D eigenvalue weighted by Gasteiger charge is -2.06. The van der Waals surface area contributed by atoms with Crippen LogP contribution in [0.15, 0.2) is 30.6 Å². The number of hydrogen-bond donors (Lipinski definition) is 3. The average Bonchev–Trinajstić information content (AvgIpc) is 3.13. The lowest BCUT2D eigenvalue weighted by molar-refractivity contribution is 0.451. The fraction of sp³-hybridized carbons (Fsp3) is 0.235. The van der Waals surface area contributed by atoms with Gasteiger partial charge in [0.05, 0.1) is 12.0 Å². The van der Waals surface area contributed by atoms with Crippen LogP contribution in [-0.4, -0.2) is 40.4 Å². The van der Waals surface area contributed by atoms with Gasteiger partial charge in [0.1, 0.15) is 11.5 Å². The highest BCUT2D eigenvalue weighted by atomic mass is 16.3. The number of nitrogens with one attached hydrogen (secondary N) is 1. The Morgan fingerprint density at radius 2 is 1.88 bits per heavy atom. The van der Waals surface area contributed by atoms with Crippen LogP contribution in [0.3, 0.4) is 0 Å². The molecular formula is C17H16N6O2. The highest BCUT2D eigenvalue weighted by Gasteiger charge is 2.24. The lowest BCUT2D eigenvalue weighted by atomic mass is 10.1. The molecule has 0 aliphatic heterocycles. The summed E-state index contributed by atoms with van der Waals surface area (Å²) in [5.41, 5.74) is 3.52. The molecule has 1 aliphatic rings. The van der Waals surface area contributed by atoms with E-state index >= 15 is 0 Å². The highest BCUT2D eigenvalue weighted by molar-refractivity contribution is 5.86. The van der Waals surface area contributed by atoms with Crippen molar-refractivity contribution >= 4 is 22.6 Å². The van der Waals surface area contributed by atoms with Gasteiger partial charge in [0, 0.05) is 30.8 Å². The van der Waals surface area contributed by atoms with Crippen molar-refractivity contribution in [1.29, 1.82) is 0 Å². The molecule has 8 nitrogen and oxygen atoms in total. The number of fused-ring (bicyclic) bond motifs is 3. The van der Waals surface area contributed by atoms with Crippen LogP contribution in [0, 0.1) is 0 Å². The Hall–Kier alpha value is -3.29.